The Hall–Kier alpha value is -1.39. The van der Waals surface area contributed by atoms with Crippen molar-refractivity contribution in [1.29, 1.82) is 0 Å². The van der Waals surface area contributed by atoms with Gasteiger partial charge in [-0.15, -0.1) is 0 Å². The fraction of sp³-hybridized carbons (Fsp3) is 0.667. The van der Waals surface area contributed by atoms with E-state index in [4.69, 9.17) is 0 Å². The van der Waals surface area contributed by atoms with Gasteiger partial charge in [0.1, 0.15) is 12.2 Å². The van der Waals surface area contributed by atoms with Crippen molar-refractivity contribution in [3.63, 3.8) is 0 Å². The lowest BCUT2D eigenvalue weighted by Crippen LogP contribution is -2.26. The summed E-state index contributed by atoms with van der Waals surface area (Å²) in [6.45, 7) is 4.56. The van der Waals surface area contributed by atoms with E-state index in [2.05, 4.69) is 9.47 Å². The zero-order valence-electron chi connectivity index (χ0n) is 8.53. The predicted octanol–water partition coefficient (Wildman–Crippen LogP) is 0.460. The van der Waals surface area contributed by atoms with Gasteiger partial charge in [-0.2, -0.15) is 0 Å². The van der Waals surface area contributed by atoms with Crippen LogP contribution in [0.25, 0.3) is 0 Å². The standard InChI is InChI=1S/C9H14O5/c1-4-13-9(12)7(3)14-8(11)5-6(2)10/h7H,4-5H2,1-3H3/t7-/m1/s1. The van der Waals surface area contributed by atoms with E-state index in [9.17, 15) is 14.4 Å². The molecule has 0 rings (SSSR count). The maximum atomic E-state index is 11.0. The maximum Gasteiger partial charge on any atom is 0.347 e. The average molecular weight is 202 g/mol. The van der Waals surface area contributed by atoms with Crippen LogP contribution in [-0.2, 0) is 23.9 Å². The summed E-state index contributed by atoms with van der Waals surface area (Å²) in [5.74, 6) is -1.62. The summed E-state index contributed by atoms with van der Waals surface area (Å²) in [6, 6.07) is 0. The van der Waals surface area contributed by atoms with Crippen LogP contribution in [0.2, 0.25) is 0 Å². The van der Waals surface area contributed by atoms with E-state index in [0.717, 1.165) is 0 Å². The van der Waals surface area contributed by atoms with Crippen molar-refractivity contribution >= 4 is 17.7 Å². The SMILES string of the molecule is CCOC(=O)[C@@H](C)OC(=O)CC(C)=O. The van der Waals surface area contributed by atoms with Crippen LogP contribution >= 0.6 is 0 Å². The largest absolute Gasteiger partial charge is 0.463 e. The van der Waals surface area contributed by atoms with Gasteiger partial charge in [0, 0.05) is 0 Å². The third-order valence-corrected chi connectivity index (χ3v) is 1.32. The molecule has 0 N–H and O–H groups in total. The topological polar surface area (TPSA) is 69.7 Å². The summed E-state index contributed by atoms with van der Waals surface area (Å²) in [5.41, 5.74) is 0. The molecule has 0 heterocycles. The van der Waals surface area contributed by atoms with Crippen molar-refractivity contribution in [3.05, 3.63) is 0 Å². The number of hydrogen-bond donors (Lipinski definition) is 0. The first kappa shape index (κ1) is 12.6. The zero-order chi connectivity index (χ0) is 11.1. The summed E-state index contributed by atoms with van der Waals surface area (Å²) in [6.07, 6.45) is -1.27. The van der Waals surface area contributed by atoms with Crippen LogP contribution in [0, 0.1) is 0 Å². The first-order valence-electron chi connectivity index (χ1n) is 4.33. The predicted molar refractivity (Wildman–Crippen MR) is 47.5 cm³/mol. The van der Waals surface area contributed by atoms with E-state index in [1.165, 1.54) is 13.8 Å². The number of carbonyl (C=O) groups excluding carboxylic acids is 3. The van der Waals surface area contributed by atoms with Crippen LogP contribution < -0.4 is 0 Å². The Kier molecular flexibility index (Phi) is 5.52. The van der Waals surface area contributed by atoms with Crippen molar-refractivity contribution in [2.24, 2.45) is 0 Å². The molecule has 0 aliphatic heterocycles. The Balaban J connectivity index is 3.92. The molecule has 0 bridgehead atoms. The van der Waals surface area contributed by atoms with Gasteiger partial charge in [-0.1, -0.05) is 0 Å². The first-order chi connectivity index (χ1) is 6.47. The van der Waals surface area contributed by atoms with Crippen molar-refractivity contribution in [3.8, 4) is 0 Å². The smallest absolute Gasteiger partial charge is 0.347 e. The van der Waals surface area contributed by atoms with Gasteiger partial charge in [0.2, 0.25) is 0 Å². The summed E-state index contributed by atoms with van der Waals surface area (Å²) in [5, 5.41) is 0. The highest BCUT2D eigenvalue weighted by atomic mass is 16.6. The van der Waals surface area contributed by atoms with E-state index in [1.54, 1.807) is 6.92 Å². The van der Waals surface area contributed by atoms with Crippen molar-refractivity contribution in [1.82, 2.24) is 0 Å². The molecule has 0 unspecified atom stereocenters. The van der Waals surface area contributed by atoms with Crippen molar-refractivity contribution in [2.45, 2.75) is 33.3 Å². The lowest BCUT2D eigenvalue weighted by Gasteiger charge is -2.10. The van der Waals surface area contributed by atoms with Gasteiger partial charge in [0.15, 0.2) is 6.10 Å². The molecular weight excluding hydrogens is 188 g/mol. The molecule has 80 valence electrons. The number of Topliss-reactive ketones (excluding diaryl/α,β-unsaturated/α-hetero) is 1. The number of esters is 2. The molecule has 14 heavy (non-hydrogen) atoms. The van der Waals surface area contributed by atoms with Gasteiger partial charge in [0.05, 0.1) is 6.61 Å². The summed E-state index contributed by atoms with van der Waals surface area (Å²) in [7, 11) is 0. The number of ether oxygens (including phenoxy) is 2. The second kappa shape index (κ2) is 6.12. The summed E-state index contributed by atoms with van der Waals surface area (Å²) < 4.78 is 9.25. The molecule has 0 spiro atoms. The Morgan fingerprint density at radius 3 is 2.29 bits per heavy atom. The number of carbonyl (C=O) groups is 3. The minimum atomic E-state index is -0.957. The Labute approximate surface area is 82.4 Å². The fourth-order valence-corrected chi connectivity index (χ4v) is 0.750. The molecular formula is C9H14O5. The minimum absolute atomic E-state index is 0.230. The molecule has 0 saturated carbocycles. The van der Waals surface area contributed by atoms with Gasteiger partial charge in [0.25, 0.3) is 0 Å². The van der Waals surface area contributed by atoms with Gasteiger partial charge in [-0.05, 0) is 20.8 Å². The van der Waals surface area contributed by atoms with E-state index < -0.39 is 18.0 Å². The molecule has 0 aromatic heterocycles. The highest BCUT2D eigenvalue weighted by Crippen LogP contribution is 1.98. The quantitative estimate of drug-likeness (QED) is 0.478. The summed E-state index contributed by atoms with van der Waals surface area (Å²) >= 11 is 0. The first-order valence-corrected chi connectivity index (χ1v) is 4.33. The van der Waals surface area contributed by atoms with E-state index >= 15 is 0 Å². The van der Waals surface area contributed by atoms with Crippen LogP contribution in [0.4, 0.5) is 0 Å². The molecule has 0 amide bonds. The third kappa shape index (κ3) is 5.29. The molecule has 0 aromatic carbocycles. The monoisotopic (exact) mass is 202 g/mol. The molecule has 5 nitrogen and oxygen atoms in total. The van der Waals surface area contributed by atoms with E-state index in [-0.39, 0.29) is 18.8 Å². The van der Waals surface area contributed by atoms with Gasteiger partial charge in [-0.3, -0.25) is 9.59 Å². The number of rotatable bonds is 5. The van der Waals surface area contributed by atoms with Crippen LogP contribution in [0.1, 0.15) is 27.2 Å². The van der Waals surface area contributed by atoms with Gasteiger partial charge in [-0.25, -0.2) is 4.79 Å². The average Bonchev–Trinajstić information content (AvgIpc) is 2.02. The highest BCUT2D eigenvalue weighted by molar-refractivity contribution is 5.94. The van der Waals surface area contributed by atoms with Gasteiger partial charge < -0.3 is 9.47 Å². The molecule has 0 fully saturated rings. The zero-order valence-corrected chi connectivity index (χ0v) is 8.53. The van der Waals surface area contributed by atoms with Gasteiger partial charge >= 0.3 is 11.9 Å². The summed E-state index contributed by atoms with van der Waals surface area (Å²) in [4.78, 5) is 32.4. The number of hydrogen-bond acceptors (Lipinski definition) is 5. The second-order valence-corrected chi connectivity index (χ2v) is 2.76. The second-order valence-electron chi connectivity index (χ2n) is 2.76. The molecule has 0 radical (unpaired) electrons. The van der Waals surface area contributed by atoms with Crippen LogP contribution in [-0.4, -0.2) is 30.4 Å². The van der Waals surface area contributed by atoms with Crippen LogP contribution in [0.3, 0.4) is 0 Å². The van der Waals surface area contributed by atoms with Crippen molar-refractivity contribution < 1.29 is 23.9 Å². The highest BCUT2D eigenvalue weighted by Gasteiger charge is 2.19. The molecule has 0 aliphatic carbocycles. The lowest BCUT2D eigenvalue weighted by molar-refractivity contribution is -0.166. The fourth-order valence-electron chi connectivity index (χ4n) is 0.750. The maximum absolute atomic E-state index is 11.0. The van der Waals surface area contributed by atoms with Crippen molar-refractivity contribution in [2.75, 3.05) is 6.61 Å². The third-order valence-electron chi connectivity index (χ3n) is 1.32. The molecule has 1 atom stereocenters. The number of ketones is 1. The van der Waals surface area contributed by atoms with Crippen LogP contribution in [0.5, 0.6) is 0 Å². The molecule has 5 heteroatoms. The lowest BCUT2D eigenvalue weighted by atomic mass is 10.3. The van der Waals surface area contributed by atoms with E-state index in [0.29, 0.717) is 0 Å². The van der Waals surface area contributed by atoms with E-state index in [1.807, 2.05) is 0 Å². The Morgan fingerprint density at radius 2 is 1.86 bits per heavy atom. The van der Waals surface area contributed by atoms with Crippen LogP contribution in [0.15, 0.2) is 0 Å². The Morgan fingerprint density at radius 1 is 1.29 bits per heavy atom. The molecule has 0 aliphatic rings. The normalized spacial score (nSPS) is 11.6. The molecule has 0 saturated heterocycles. The molecule has 0 aromatic rings. The minimum Gasteiger partial charge on any atom is -0.463 e. The Bertz CT molecular complexity index is 233.